The molecule has 2 N–H and O–H groups in total. The molecule has 92 valence electrons. The monoisotopic (exact) mass is 238 g/mol. The molecule has 0 amide bonds. The Hall–Kier alpha value is -1.82. The Kier molecular flexibility index (Phi) is 3.14. The van der Waals surface area contributed by atoms with E-state index < -0.39 is 4.92 Å². The number of nitro groups is 1. The van der Waals surface area contributed by atoms with Crippen LogP contribution in [-0.4, -0.2) is 18.3 Å². The highest BCUT2D eigenvalue weighted by molar-refractivity contribution is 5.59. The zero-order valence-electron chi connectivity index (χ0n) is 9.51. The summed E-state index contributed by atoms with van der Waals surface area (Å²) >= 11 is 0. The van der Waals surface area contributed by atoms with Gasteiger partial charge >= 0.3 is 5.69 Å². The van der Waals surface area contributed by atoms with Gasteiger partial charge in [0.05, 0.1) is 4.92 Å². The smallest absolute Gasteiger partial charge is 0.315 e. The summed E-state index contributed by atoms with van der Waals surface area (Å²) in [5.74, 6) is 0.745. The fourth-order valence-electron chi connectivity index (χ4n) is 1.92. The van der Waals surface area contributed by atoms with Gasteiger partial charge in [-0.05, 0) is 30.5 Å². The van der Waals surface area contributed by atoms with E-state index in [0.29, 0.717) is 12.3 Å². The highest BCUT2D eigenvalue weighted by atomic mass is 16.7. The fraction of sp³-hybridized carbons (Fsp3) is 0.455. The Morgan fingerprint density at radius 2 is 2.29 bits per heavy atom. The summed E-state index contributed by atoms with van der Waals surface area (Å²) in [5.41, 5.74) is 6.42. The Labute approximate surface area is 98.5 Å². The molecular formula is C11H14N2O4. The first-order valence-electron chi connectivity index (χ1n) is 5.45. The van der Waals surface area contributed by atoms with Crippen molar-refractivity contribution in [1.82, 2.24) is 0 Å². The average molecular weight is 238 g/mol. The molecule has 17 heavy (non-hydrogen) atoms. The Balaban J connectivity index is 2.49. The maximum absolute atomic E-state index is 11.0. The molecule has 0 radical (unpaired) electrons. The van der Waals surface area contributed by atoms with Crippen molar-refractivity contribution in [3.05, 3.63) is 27.8 Å². The molecule has 0 saturated heterocycles. The van der Waals surface area contributed by atoms with Crippen molar-refractivity contribution in [2.75, 3.05) is 13.3 Å². The van der Waals surface area contributed by atoms with Crippen LogP contribution in [0.15, 0.2) is 12.1 Å². The summed E-state index contributed by atoms with van der Waals surface area (Å²) in [5, 5.41) is 11.0. The number of hydrogen-bond acceptors (Lipinski definition) is 5. The van der Waals surface area contributed by atoms with Gasteiger partial charge in [-0.1, -0.05) is 6.92 Å². The first-order valence-corrected chi connectivity index (χ1v) is 5.45. The Morgan fingerprint density at radius 3 is 2.88 bits per heavy atom. The highest BCUT2D eigenvalue weighted by Crippen LogP contribution is 2.43. The van der Waals surface area contributed by atoms with Crippen LogP contribution in [0.4, 0.5) is 5.69 Å². The maximum Gasteiger partial charge on any atom is 0.315 e. The standard InChI is InChI=1S/C11H14N2O4/c1-2-7(5-12)8-3-9(13(14)15)11-10(4-8)16-6-17-11/h3-4,7H,2,5-6,12H2,1H3. The molecule has 0 aromatic heterocycles. The van der Waals surface area contributed by atoms with Crippen molar-refractivity contribution in [2.45, 2.75) is 19.3 Å². The van der Waals surface area contributed by atoms with Gasteiger partial charge in [0.1, 0.15) is 0 Å². The van der Waals surface area contributed by atoms with Crippen LogP contribution in [0, 0.1) is 10.1 Å². The summed E-state index contributed by atoms with van der Waals surface area (Å²) in [6, 6.07) is 3.30. The topological polar surface area (TPSA) is 87.6 Å². The van der Waals surface area contributed by atoms with Crippen LogP contribution in [0.5, 0.6) is 11.5 Å². The average Bonchev–Trinajstić information content (AvgIpc) is 2.77. The van der Waals surface area contributed by atoms with Crippen molar-refractivity contribution in [1.29, 1.82) is 0 Å². The van der Waals surface area contributed by atoms with E-state index in [4.69, 9.17) is 15.2 Å². The summed E-state index contributed by atoms with van der Waals surface area (Å²) in [4.78, 5) is 10.5. The normalized spacial score (nSPS) is 14.7. The second kappa shape index (κ2) is 4.58. The molecule has 1 heterocycles. The molecule has 1 aliphatic heterocycles. The fourth-order valence-corrected chi connectivity index (χ4v) is 1.92. The second-order valence-electron chi connectivity index (χ2n) is 3.87. The van der Waals surface area contributed by atoms with Crippen LogP contribution in [0.1, 0.15) is 24.8 Å². The summed E-state index contributed by atoms with van der Waals surface area (Å²) < 4.78 is 10.3. The van der Waals surface area contributed by atoms with Gasteiger partial charge in [0.15, 0.2) is 5.75 Å². The molecule has 1 atom stereocenters. The first-order chi connectivity index (χ1) is 8.17. The van der Waals surface area contributed by atoms with Gasteiger partial charge in [0, 0.05) is 6.07 Å². The number of nitrogens with two attached hydrogens (primary N) is 1. The molecule has 6 nitrogen and oxygen atoms in total. The lowest BCUT2D eigenvalue weighted by Crippen LogP contribution is -2.11. The number of hydrogen-bond donors (Lipinski definition) is 1. The van der Waals surface area contributed by atoms with E-state index in [1.165, 1.54) is 6.07 Å². The van der Waals surface area contributed by atoms with Gasteiger partial charge < -0.3 is 15.2 Å². The van der Waals surface area contributed by atoms with E-state index >= 15 is 0 Å². The number of fused-ring (bicyclic) bond motifs is 1. The van der Waals surface area contributed by atoms with Crippen molar-refractivity contribution in [3.8, 4) is 11.5 Å². The minimum absolute atomic E-state index is 0.0268. The van der Waals surface area contributed by atoms with Crippen molar-refractivity contribution in [3.63, 3.8) is 0 Å². The zero-order chi connectivity index (χ0) is 12.4. The molecule has 1 aliphatic rings. The Morgan fingerprint density at radius 1 is 1.53 bits per heavy atom. The summed E-state index contributed by atoms with van der Waals surface area (Å²) in [6.45, 7) is 2.47. The zero-order valence-corrected chi connectivity index (χ0v) is 9.51. The lowest BCUT2D eigenvalue weighted by molar-refractivity contribution is -0.385. The van der Waals surface area contributed by atoms with Crippen LogP contribution in [-0.2, 0) is 0 Å². The van der Waals surface area contributed by atoms with Gasteiger partial charge in [-0.2, -0.15) is 0 Å². The first kappa shape index (κ1) is 11.7. The second-order valence-corrected chi connectivity index (χ2v) is 3.87. The predicted molar refractivity (Wildman–Crippen MR) is 61.3 cm³/mol. The Bertz CT molecular complexity index is 443. The largest absolute Gasteiger partial charge is 0.453 e. The molecule has 0 saturated carbocycles. The molecule has 0 aliphatic carbocycles. The third kappa shape index (κ3) is 2.03. The predicted octanol–water partition coefficient (Wildman–Crippen LogP) is 1.78. The minimum Gasteiger partial charge on any atom is -0.453 e. The van der Waals surface area contributed by atoms with Gasteiger partial charge in [-0.25, -0.2) is 0 Å². The number of benzene rings is 1. The molecule has 0 bridgehead atoms. The van der Waals surface area contributed by atoms with Gasteiger partial charge in [-0.15, -0.1) is 0 Å². The van der Waals surface area contributed by atoms with Gasteiger partial charge in [0.2, 0.25) is 12.5 Å². The number of nitro benzene ring substituents is 1. The van der Waals surface area contributed by atoms with Crippen molar-refractivity contribution >= 4 is 5.69 Å². The summed E-state index contributed by atoms with van der Waals surface area (Å²) in [6.07, 6.45) is 0.827. The van der Waals surface area contributed by atoms with Crippen LogP contribution < -0.4 is 15.2 Å². The number of rotatable bonds is 4. The lowest BCUT2D eigenvalue weighted by Gasteiger charge is -2.13. The molecule has 6 heteroatoms. The molecular weight excluding hydrogens is 224 g/mol. The molecule has 2 rings (SSSR count). The van der Waals surface area contributed by atoms with E-state index in [1.54, 1.807) is 6.07 Å². The number of nitrogens with zero attached hydrogens (tertiary/aromatic N) is 1. The minimum atomic E-state index is -0.458. The van der Waals surface area contributed by atoms with E-state index in [1.807, 2.05) is 6.92 Å². The van der Waals surface area contributed by atoms with Crippen LogP contribution in [0.3, 0.4) is 0 Å². The van der Waals surface area contributed by atoms with E-state index in [2.05, 4.69) is 0 Å². The van der Waals surface area contributed by atoms with E-state index in [-0.39, 0.29) is 24.1 Å². The highest BCUT2D eigenvalue weighted by Gasteiger charge is 2.28. The summed E-state index contributed by atoms with van der Waals surface area (Å²) in [7, 11) is 0. The lowest BCUT2D eigenvalue weighted by atomic mass is 9.95. The number of ether oxygens (including phenoxy) is 2. The SMILES string of the molecule is CCC(CN)c1cc2c(c([N+](=O)[O-])c1)OCO2. The van der Waals surface area contributed by atoms with Gasteiger partial charge in [0.25, 0.3) is 0 Å². The van der Waals surface area contributed by atoms with Crippen LogP contribution in [0.2, 0.25) is 0 Å². The van der Waals surface area contributed by atoms with E-state index in [9.17, 15) is 10.1 Å². The molecule has 1 aromatic rings. The molecule has 0 spiro atoms. The van der Waals surface area contributed by atoms with Crippen molar-refractivity contribution in [2.24, 2.45) is 5.73 Å². The van der Waals surface area contributed by atoms with Crippen molar-refractivity contribution < 1.29 is 14.4 Å². The molecule has 1 aromatic carbocycles. The van der Waals surface area contributed by atoms with E-state index in [0.717, 1.165) is 12.0 Å². The quantitative estimate of drug-likeness (QED) is 0.638. The molecule has 1 unspecified atom stereocenters. The third-order valence-electron chi connectivity index (χ3n) is 2.92. The third-order valence-corrected chi connectivity index (χ3v) is 2.92. The van der Waals surface area contributed by atoms with Crippen LogP contribution in [0.25, 0.3) is 0 Å². The van der Waals surface area contributed by atoms with Gasteiger partial charge in [-0.3, -0.25) is 10.1 Å². The van der Waals surface area contributed by atoms with Crippen LogP contribution >= 0.6 is 0 Å². The molecule has 0 fully saturated rings. The maximum atomic E-state index is 11.0.